The van der Waals surface area contributed by atoms with E-state index in [2.05, 4.69) is 60.7 Å². The fourth-order valence-electron chi connectivity index (χ4n) is 5.56. The molecular formula is C32H16O4. The van der Waals surface area contributed by atoms with Crippen molar-refractivity contribution in [3.8, 4) is 11.1 Å². The Labute approximate surface area is 203 Å². The van der Waals surface area contributed by atoms with Crippen molar-refractivity contribution in [2.75, 3.05) is 0 Å². The molecule has 0 heterocycles. The highest BCUT2D eigenvalue weighted by atomic mass is 16.2. The Bertz CT molecular complexity index is 1980. The van der Waals surface area contributed by atoms with Crippen LogP contribution in [0.4, 0.5) is 0 Å². The molecule has 0 unspecified atom stereocenters. The molecule has 0 N–H and O–H groups in total. The van der Waals surface area contributed by atoms with Crippen LogP contribution in [0.2, 0.25) is 0 Å². The van der Waals surface area contributed by atoms with Crippen LogP contribution in [-0.2, 0) is 0 Å². The first kappa shape index (κ1) is 20.4. The Balaban J connectivity index is 0.000000125. The lowest BCUT2D eigenvalue weighted by molar-refractivity contribution is 1.50. The van der Waals surface area contributed by atoms with Crippen molar-refractivity contribution in [1.29, 1.82) is 0 Å². The minimum atomic E-state index is -0.631. The first-order valence-corrected chi connectivity index (χ1v) is 11.6. The third-order valence-electron chi connectivity index (χ3n) is 7.16. The summed E-state index contributed by atoms with van der Waals surface area (Å²) >= 11 is 0. The smallest absolute Gasteiger partial charge is 0.234 e. The molecule has 0 spiro atoms. The van der Waals surface area contributed by atoms with Crippen molar-refractivity contribution >= 4 is 53.9 Å². The van der Waals surface area contributed by atoms with Gasteiger partial charge in [-0.25, -0.2) is 0 Å². The molecular weight excluding hydrogens is 448 g/mol. The average Bonchev–Trinajstić information content (AvgIpc) is 2.93. The van der Waals surface area contributed by atoms with E-state index in [0.29, 0.717) is 11.1 Å². The maximum atomic E-state index is 12.1. The zero-order valence-electron chi connectivity index (χ0n) is 18.9. The zero-order chi connectivity index (χ0) is 24.6. The summed E-state index contributed by atoms with van der Waals surface area (Å²) in [7, 11) is 0. The van der Waals surface area contributed by atoms with Crippen LogP contribution in [0.25, 0.3) is 65.0 Å². The normalized spacial score (nSPS) is 11.8. The van der Waals surface area contributed by atoms with Crippen molar-refractivity contribution in [3.05, 3.63) is 138 Å². The third kappa shape index (κ3) is 2.64. The monoisotopic (exact) mass is 464 g/mol. The lowest BCUT2D eigenvalue weighted by atomic mass is 9.87. The Hall–Kier alpha value is -4.96. The maximum Gasteiger partial charge on any atom is 0.234 e. The quantitative estimate of drug-likeness (QED) is 0.222. The number of rotatable bonds is 0. The van der Waals surface area contributed by atoms with Gasteiger partial charge in [-0.3, -0.25) is 19.2 Å². The molecule has 4 nitrogen and oxygen atoms in total. The summed E-state index contributed by atoms with van der Waals surface area (Å²) in [6, 6.07) is 31.0. The number of hydrogen-bond acceptors (Lipinski definition) is 4. The first-order valence-electron chi connectivity index (χ1n) is 11.6. The van der Waals surface area contributed by atoms with Gasteiger partial charge >= 0.3 is 0 Å². The number of hydrogen-bond donors (Lipinski definition) is 0. The van der Waals surface area contributed by atoms with Gasteiger partial charge in [0, 0.05) is 32.7 Å². The summed E-state index contributed by atoms with van der Waals surface area (Å²) < 4.78 is 0. The van der Waals surface area contributed by atoms with Gasteiger partial charge in [-0.05, 0) is 32.3 Å². The average molecular weight is 464 g/mol. The molecule has 36 heavy (non-hydrogen) atoms. The maximum absolute atomic E-state index is 12.1. The Kier molecular flexibility index (Phi) is 4.12. The molecule has 6 aromatic rings. The topological polar surface area (TPSA) is 68.3 Å². The summed E-state index contributed by atoms with van der Waals surface area (Å²) in [4.78, 5) is 48.4. The Morgan fingerprint density at radius 3 is 0.833 bits per heavy atom. The molecule has 0 saturated heterocycles. The van der Waals surface area contributed by atoms with Gasteiger partial charge in [-0.1, -0.05) is 97.1 Å². The molecule has 2 aliphatic carbocycles. The molecule has 6 aromatic carbocycles. The van der Waals surface area contributed by atoms with Gasteiger partial charge in [0.1, 0.15) is 0 Å². The zero-order valence-corrected chi connectivity index (χ0v) is 18.9. The van der Waals surface area contributed by atoms with Gasteiger partial charge in [0.25, 0.3) is 0 Å². The summed E-state index contributed by atoms with van der Waals surface area (Å²) in [5.74, 6) is 0. The third-order valence-corrected chi connectivity index (χ3v) is 7.16. The molecule has 168 valence electrons. The van der Waals surface area contributed by atoms with Crippen molar-refractivity contribution in [1.82, 2.24) is 0 Å². The van der Waals surface area contributed by atoms with Gasteiger partial charge in [0.15, 0.2) is 0 Å². The van der Waals surface area contributed by atoms with E-state index in [0.717, 1.165) is 0 Å². The van der Waals surface area contributed by atoms with Crippen LogP contribution < -0.4 is 21.7 Å². The van der Waals surface area contributed by atoms with E-state index < -0.39 is 21.7 Å². The van der Waals surface area contributed by atoms with E-state index in [1.165, 1.54) is 68.7 Å². The second-order valence-electron chi connectivity index (χ2n) is 9.06. The predicted molar refractivity (Wildman–Crippen MR) is 147 cm³/mol. The van der Waals surface area contributed by atoms with Crippen LogP contribution in [-0.4, -0.2) is 0 Å². The van der Waals surface area contributed by atoms with Crippen LogP contribution in [0, 0.1) is 0 Å². The summed E-state index contributed by atoms with van der Waals surface area (Å²) in [6.07, 6.45) is 0. The van der Waals surface area contributed by atoms with Crippen LogP contribution in [0.3, 0.4) is 0 Å². The molecule has 0 aliphatic heterocycles. The second-order valence-corrected chi connectivity index (χ2v) is 9.06. The summed E-state index contributed by atoms with van der Waals surface area (Å²) in [5, 5.41) is 8.95. The molecule has 0 amide bonds. The van der Waals surface area contributed by atoms with Crippen molar-refractivity contribution < 1.29 is 0 Å². The van der Waals surface area contributed by atoms with Crippen LogP contribution >= 0.6 is 0 Å². The molecule has 0 aromatic heterocycles. The Morgan fingerprint density at radius 2 is 0.556 bits per heavy atom. The van der Waals surface area contributed by atoms with Gasteiger partial charge in [-0.2, -0.15) is 0 Å². The standard InChI is InChI=1S/C16H6O4.C16H10/c17-13-7-3-1-4-8-11(7)12-9(15(13)19)5-2-6-10(12)16(20)14(8)18;1-3-11-7-9-13-5-2-6-14-10-8-12(4-1)15(11)16(13)14/h1-6H;1-10H. The van der Waals surface area contributed by atoms with Crippen LogP contribution in [0.5, 0.6) is 0 Å². The summed E-state index contributed by atoms with van der Waals surface area (Å²) in [6.45, 7) is 0. The van der Waals surface area contributed by atoms with Crippen LogP contribution in [0.1, 0.15) is 0 Å². The Morgan fingerprint density at radius 1 is 0.306 bits per heavy atom. The van der Waals surface area contributed by atoms with Gasteiger partial charge in [0.05, 0.1) is 0 Å². The van der Waals surface area contributed by atoms with Crippen molar-refractivity contribution in [2.45, 2.75) is 0 Å². The molecule has 0 fully saturated rings. The number of benzene rings is 8. The molecule has 0 atom stereocenters. The van der Waals surface area contributed by atoms with E-state index in [-0.39, 0.29) is 21.5 Å². The minimum Gasteiger partial charge on any atom is -0.285 e. The highest BCUT2D eigenvalue weighted by Crippen LogP contribution is 2.34. The second kappa shape index (κ2) is 7.27. The highest BCUT2D eigenvalue weighted by Gasteiger charge is 2.23. The molecule has 0 saturated carbocycles. The first-order chi connectivity index (χ1) is 17.5. The lowest BCUT2D eigenvalue weighted by Crippen LogP contribution is -2.31. The fourth-order valence-corrected chi connectivity index (χ4v) is 5.56. The molecule has 8 rings (SSSR count). The van der Waals surface area contributed by atoms with Crippen molar-refractivity contribution in [2.24, 2.45) is 0 Å². The van der Waals surface area contributed by atoms with E-state index in [4.69, 9.17) is 0 Å². The van der Waals surface area contributed by atoms with Gasteiger partial charge in [-0.15, -0.1) is 0 Å². The predicted octanol–water partition coefficient (Wildman–Crippen LogP) is 5.44. The van der Waals surface area contributed by atoms with E-state index >= 15 is 0 Å². The van der Waals surface area contributed by atoms with E-state index in [9.17, 15) is 19.2 Å². The SMILES string of the molecule is O=c1c(=O)c2cccc3c2-c2c1cccc2c(=O)c3=O.c1cc2ccc3cccc4ccc(c1)c2c34. The fraction of sp³-hybridized carbons (Fsp3) is 0. The largest absolute Gasteiger partial charge is 0.285 e. The van der Waals surface area contributed by atoms with E-state index in [1.807, 2.05) is 0 Å². The van der Waals surface area contributed by atoms with Gasteiger partial charge in [0.2, 0.25) is 21.7 Å². The highest BCUT2D eigenvalue weighted by molar-refractivity contribution is 6.22. The van der Waals surface area contributed by atoms with Crippen molar-refractivity contribution in [3.63, 3.8) is 0 Å². The molecule has 4 heteroatoms. The van der Waals surface area contributed by atoms with Crippen LogP contribution in [0.15, 0.2) is 116 Å². The molecule has 2 aliphatic rings. The van der Waals surface area contributed by atoms with E-state index in [1.54, 1.807) is 0 Å². The molecule has 0 bridgehead atoms. The molecule has 0 radical (unpaired) electrons. The lowest BCUT2D eigenvalue weighted by Gasteiger charge is -2.13. The summed E-state index contributed by atoms with van der Waals surface area (Å²) in [5.41, 5.74) is -1.68. The minimum absolute atomic E-state index is 0.202. The van der Waals surface area contributed by atoms with Gasteiger partial charge < -0.3 is 0 Å².